The molecular weight excluding hydrogens is 661 g/mol. The molecule has 0 aliphatic carbocycles. The molecule has 2 amide bonds. The SMILES string of the molecule is Cc1sc2c(c1C)C(c1ccc(Cl)cc1)=N[C@@H](CC(=O)NCCCC(=O)Nc1ccc(C(=O)O)c(C#CCN)c1)c1nnc(C)n1-2.Cl. The van der Waals surface area contributed by atoms with E-state index >= 15 is 0 Å². The lowest BCUT2D eigenvalue weighted by molar-refractivity contribution is -0.122. The molecule has 47 heavy (non-hydrogen) atoms. The van der Waals surface area contributed by atoms with Crippen LogP contribution in [0.1, 0.15) is 74.4 Å². The van der Waals surface area contributed by atoms with Crippen LogP contribution in [-0.4, -0.2) is 56.5 Å². The van der Waals surface area contributed by atoms with Crippen molar-refractivity contribution in [2.45, 2.75) is 46.1 Å². The number of amides is 2. The highest BCUT2D eigenvalue weighted by atomic mass is 35.5. The van der Waals surface area contributed by atoms with E-state index in [4.69, 9.17) is 22.3 Å². The second kappa shape index (κ2) is 15.4. The first-order valence-corrected chi connectivity index (χ1v) is 15.8. The second-order valence-corrected chi connectivity index (χ2v) is 12.3. The van der Waals surface area contributed by atoms with Gasteiger partial charge in [-0.25, -0.2) is 4.79 Å². The van der Waals surface area contributed by atoms with Crippen LogP contribution in [0.4, 0.5) is 5.69 Å². The summed E-state index contributed by atoms with van der Waals surface area (Å²) in [6.45, 7) is 6.37. The minimum atomic E-state index is -1.12. The molecular formula is C33H33Cl2N7O4S. The number of aliphatic imine (C=N–C) groups is 1. The molecule has 0 saturated carbocycles. The fourth-order valence-corrected chi connectivity index (χ4v) is 6.48. The van der Waals surface area contributed by atoms with Gasteiger partial charge in [-0.2, -0.15) is 0 Å². The maximum Gasteiger partial charge on any atom is 0.336 e. The van der Waals surface area contributed by atoms with Crippen LogP contribution in [0.5, 0.6) is 0 Å². The lowest BCUT2D eigenvalue weighted by atomic mass is 9.99. The van der Waals surface area contributed by atoms with Crippen LogP contribution in [0.15, 0.2) is 47.5 Å². The minimum Gasteiger partial charge on any atom is -0.478 e. The maximum absolute atomic E-state index is 13.2. The minimum absolute atomic E-state index is 0. The normalized spacial score (nSPS) is 13.1. The number of aromatic carboxylic acids is 1. The fourth-order valence-electron chi connectivity index (χ4n) is 5.14. The predicted molar refractivity (Wildman–Crippen MR) is 185 cm³/mol. The molecule has 0 radical (unpaired) electrons. The van der Waals surface area contributed by atoms with E-state index in [9.17, 15) is 19.5 Å². The van der Waals surface area contributed by atoms with Crippen molar-refractivity contribution in [3.8, 4) is 16.8 Å². The molecule has 0 spiro atoms. The number of aromatic nitrogens is 3. The van der Waals surface area contributed by atoms with Crippen LogP contribution in [-0.2, 0) is 9.59 Å². The zero-order valence-corrected chi connectivity index (χ0v) is 28.3. The molecule has 0 unspecified atom stereocenters. The molecule has 3 heterocycles. The van der Waals surface area contributed by atoms with Crippen LogP contribution in [0.2, 0.25) is 5.02 Å². The Morgan fingerprint density at radius 1 is 1.09 bits per heavy atom. The molecule has 1 atom stereocenters. The summed E-state index contributed by atoms with van der Waals surface area (Å²) in [6.07, 6.45) is 0.565. The van der Waals surface area contributed by atoms with Crippen molar-refractivity contribution in [2.75, 3.05) is 18.4 Å². The lowest BCUT2D eigenvalue weighted by Gasteiger charge is -2.13. The van der Waals surface area contributed by atoms with Gasteiger partial charge in [0.25, 0.3) is 0 Å². The smallest absolute Gasteiger partial charge is 0.336 e. The maximum atomic E-state index is 13.2. The number of carboxylic acid groups (broad SMARTS) is 1. The number of thiophene rings is 1. The van der Waals surface area contributed by atoms with Crippen LogP contribution in [0.3, 0.4) is 0 Å². The third-order valence-corrected chi connectivity index (χ3v) is 8.94. The molecule has 244 valence electrons. The highest BCUT2D eigenvalue weighted by molar-refractivity contribution is 7.15. The van der Waals surface area contributed by atoms with Gasteiger partial charge < -0.3 is 21.5 Å². The first-order chi connectivity index (χ1) is 22.1. The molecule has 2 aromatic heterocycles. The molecule has 4 aromatic rings. The molecule has 0 fully saturated rings. The van der Waals surface area contributed by atoms with E-state index in [0.717, 1.165) is 32.3 Å². The summed E-state index contributed by atoms with van der Waals surface area (Å²) in [6, 6.07) is 11.3. The van der Waals surface area contributed by atoms with Crippen LogP contribution >= 0.6 is 35.3 Å². The average Bonchev–Trinajstić information content (AvgIpc) is 3.50. The van der Waals surface area contributed by atoms with E-state index in [1.165, 1.54) is 18.2 Å². The molecule has 1 aliphatic rings. The largest absolute Gasteiger partial charge is 0.478 e. The van der Waals surface area contributed by atoms with Crippen LogP contribution in [0, 0.1) is 32.6 Å². The Labute approximate surface area is 287 Å². The molecule has 2 aromatic carbocycles. The first-order valence-electron chi connectivity index (χ1n) is 14.6. The Hall–Kier alpha value is -4.54. The number of halogens is 2. The third kappa shape index (κ3) is 7.89. The Morgan fingerprint density at radius 2 is 1.83 bits per heavy atom. The molecule has 14 heteroatoms. The molecule has 11 nitrogen and oxygen atoms in total. The van der Waals surface area contributed by atoms with Gasteiger partial charge in [0.15, 0.2) is 5.82 Å². The van der Waals surface area contributed by atoms with Crippen molar-refractivity contribution in [3.05, 3.63) is 91.8 Å². The van der Waals surface area contributed by atoms with Crippen molar-refractivity contribution in [1.82, 2.24) is 20.1 Å². The Balaban J connectivity index is 0.00000500. The van der Waals surface area contributed by atoms with Gasteiger partial charge in [-0.15, -0.1) is 33.9 Å². The topological polar surface area (TPSA) is 165 Å². The number of carbonyl (C=O) groups excluding carboxylic acids is 2. The number of anilines is 1. The van der Waals surface area contributed by atoms with E-state index in [1.54, 1.807) is 11.3 Å². The highest BCUT2D eigenvalue weighted by Crippen LogP contribution is 2.39. The number of hydrogen-bond donors (Lipinski definition) is 4. The number of rotatable bonds is 9. The fraction of sp³-hybridized carbons (Fsp3) is 0.273. The summed E-state index contributed by atoms with van der Waals surface area (Å²) in [5.41, 5.74) is 9.85. The predicted octanol–water partition coefficient (Wildman–Crippen LogP) is 5.15. The average molecular weight is 695 g/mol. The standard InChI is InChI=1S/C33H32ClN7O4S.ClH/c1-18-19(2)46-32-29(18)30(21-8-10-23(34)11-9-21)38-26(31-40-39-20(3)41(31)32)17-28(43)36-15-5-7-27(42)37-24-12-13-25(33(44)45)22(16-24)6-4-14-35;/h8-13,16,26H,5,7,14-15,17,35H2,1-3H3,(H,36,43)(H,37,42)(H,44,45);1H/t26-;/m0./s1. The monoisotopic (exact) mass is 693 g/mol. The van der Waals surface area contributed by atoms with E-state index in [0.29, 0.717) is 28.8 Å². The van der Waals surface area contributed by atoms with Gasteiger partial charge >= 0.3 is 5.97 Å². The Kier molecular flexibility index (Phi) is 11.5. The van der Waals surface area contributed by atoms with E-state index in [-0.39, 0.29) is 61.3 Å². The van der Waals surface area contributed by atoms with Crippen molar-refractivity contribution in [1.29, 1.82) is 0 Å². The van der Waals surface area contributed by atoms with Crippen molar-refractivity contribution >= 4 is 64.5 Å². The third-order valence-electron chi connectivity index (χ3n) is 7.50. The number of carboxylic acids is 1. The number of benzene rings is 2. The summed E-state index contributed by atoms with van der Waals surface area (Å²) in [5, 5.41) is 25.4. The summed E-state index contributed by atoms with van der Waals surface area (Å²) in [7, 11) is 0. The number of nitrogens with two attached hydrogens (primary N) is 1. The summed E-state index contributed by atoms with van der Waals surface area (Å²) < 4.78 is 1.99. The molecule has 5 rings (SSSR count). The number of carbonyl (C=O) groups is 3. The summed E-state index contributed by atoms with van der Waals surface area (Å²) >= 11 is 7.83. The van der Waals surface area contributed by atoms with Gasteiger partial charge in [0.05, 0.1) is 24.2 Å². The molecule has 5 N–H and O–H groups in total. The van der Waals surface area contributed by atoms with Gasteiger partial charge in [0, 0.05) is 45.2 Å². The Morgan fingerprint density at radius 3 is 2.53 bits per heavy atom. The number of fused-ring (bicyclic) bond motifs is 3. The van der Waals surface area contributed by atoms with E-state index in [1.807, 2.05) is 35.8 Å². The molecule has 1 aliphatic heterocycles. The van der Waals surface area contributed by atoms with Gasteiger partial charge in [0.1, 0.15) is 16.9 Å². The zero-order valence-electron chi connectivity index (χ0n) is 25.9. The molecule has 0 saturated heterocycles. The van der Waals surface area contributed by atoms with Gasteiger partial charge in [-0.05, 0) is 63.1 Å². The number of hydrogen-bond acceptors (Lipinski definition) is 8. The number of aryl methyl sites for hydroxylation is 2. The lowest BCUT2D eigenvalue weighted by Crippen LogP contribution is -2.27. The van der Waals surface area contributed by atoms with Gasteiger partial charge in [0.2, 0.25) is 11.8 Å². The van der Waals surface area contributed by atoms with Gasteiger partial charge in [-0.3, -0.25) is 19.1 Å². The quantitative estimate of drug-likeness (QED) is 0.139. The van der Waals surface area contributed by atoms with Crippen LogP contribution in [0.25, 0.3) is 5.00 Å². The number of nitrogens with one attached hydrogen (secondary N) is 2. The first kappa shape index (κ1) is 35.3. The molecule has 0 bridgehead atoms. The van der Waals surface area contributed by atoms with E-state index < -0.39 is 12.0 Å². The summed E-state index contributed by atoms with van der Waals surface area (Å²) in [5.74, 6) is 5.01. The van der Waals surface area contributed by atoms with E-state index in [2.05, 4.69) is 46.5 Å². The van der Waals surface area contributed by atoms with Gasteiger partial charge in [-0.1, -0.05) is 35.6 Å². The van der Waals surface area contributed by atoms with Crippen molar-refractivity contribution in [3.63, 3.8) is 0 Å². The second-order valence-electron chi connectivity index (χ2n) is 10.7. The van der Waals surface area contributed by atoms with Crippen LogP contribution < -0.4 is 16.4 Å². The summed E-state index contributed by atoms with van der Waals surface area (Å²) in [4.78, 5) is 43.5. The zero-order chi connectivity index (χ0) is 33.0. The van der Waals surface area contributed by atoms with Crippen molar-refractivity contribution in [2.24, 2.45) is 10.7 Å². The van der Waals surface area contributed by atoms with Crippen molar-refractivity contribution < 1.29 is 19.5 Å². The number of nitrogens with zero attached hydrogens (tertiary/aromatic N) is 4. The highest BCUT2D eigenvalue weighted by Gasteiger charge is 2.32. The Bertz CT molecular complexity index is 1920.